The molecule has 0 spiro atoms. The monoisotopic (exact) mass is 430 g/mol. The largest absolute Gasteiger partial charge is 0.449 e. The third-order valence-corrected chi connectivity index (χ3v) is 9.83. The van der Waals surface area contributed by atoms with Crippen molar-refractivity contribution in [3.8, 4) is 0 Å². The van der Waals surface area contributed by atoms with Gasteiger partial charge in [0.05, 0.1) is 12.7 Å². The zero-order valence-electron chi connectivity index (χ0n) is 20.1. The Morgan fingerprint density at radius 2 is 2.03 bits per heavy atom. The van der Waals surface area contributed by atoms with Crippen LogP contribution in [0.2, 0.25) is 0 Å². The van der Waals surface area contributed by atoms with Crippen LogP contribution < -0.4 is 5.43 Å². The van der Waals surface area contributed by atoms with Crippen molar-refractivity contribution in [3.05, 3.63) is 11.6 Å². The lowest BCUT2D eigenvalue weighted by molar-refractivity contribution is -0.0425. The summed E-state index contributed by atoms with van der Waals surface area (Å²) in [6.07, 6.45) is 11.0. The summed E-state index contributed by atoms with van der Waals surface area (Å²) >= 11 is 0. The molecule has 5 heteroatoms. The molecule has 4 aliphatic rings. The fraction of sp³-hybridized carbons (Fsp3) is 0.846. The maximum Gasteiger partial charge on any atom is 0.427 e. The third kappa shape index (κ3) is 3.75. The van der Waals surface area contributed by atoms with Crippen molar-refractivity contribution in [1.82, 2.24) is 5.43 Å². The summed E-state index contributed by atoms with van der Waals surface area (Å²) in [5, 5.41) is 14.7. The van der Waals surface area contributed by atoms with E-state index in [4.69, 9.17) is 4.74 Å². The number of fused-ring (bicyclic) bond motifs is 5. The van der Waals surface area contributed by atoms with Crippen LogP contribution in [0.15, 0.2) is 16.8 Å². The van der Waals surface area contributed by atoms with E-state index >= 15 is 0 Å². The van der Waals surface area contributed by atoms with Gasteiger partial charge in [-0.3, -0.25) is 0 Å². The van der Waals surface area contributed by atoms with Gasteiger partial charge < -0.3 is 9.84 Å². The molecule has 5 nitrogen and oxygen atoms in total. The number of allylic oxidation sites excluding steroid dienone is 1. The van der Waals surface area contributed by atoms with Crippen molar-refractivity contribution in [2.75, 3.05) is 6.61 Å². The van der Waals surface area contributed by atoms with Crippen molar-refractivity contribution in [3.63, 3.8) is 0 Å². The van der Waals surface area contributed by atoms with Gasteiger partial charge in [-0.25, -0.2) is 10.2 Å². The van der Waals surface area contributed by atoms with E-state index in [2.05, 4.69) is 44.3 Å². The smallest absolute Gasteiger partial charge is 0.427 e. The predicted molar refractivity (Wildman–Crippen MR) is 124 cm³/mol. The van der Waals surface area contributed by atoms with Crippen LogP contribution in [-0.2, 0) is 4.74 Å². The van der Waals surface area contributed by atoms with Crippen LogP contribution >= 0.6 is 0 Å². The first-order valence-electron chi connectivity index (χ1n) is 12.6. The predicted octanol–water partition coefficient (Wildman–Crippen LogP) is 5.68. The summed E-state index contributed by atoms with van der Waals surface area (Å²) in [6.45, 7) is 11.6. The fourth-order valence-corrected chi connectivity index (χ4v) is 8.41. The molecule has 0 aromatic rings. The SMILES string of the molecule is CCOC(=O)NN=C(C)[C@H]1[C@H](CC)CC2C3CC=C4C[C@@H](O)CC[C@]4(C)C3CC[C@@]21C. The van der Waals surface area contributed by atoms with Crippen molar-refractivity contribution >= 4 is 11.8 Å². The number of hydrogen-bond acceptors (Lipinski definition) is 4. The van der Waals surface area contributed by atoms with Gasteiger partial charge in [0.2, 0.25) is 0 Å². The zero-order chi connectivity index (χ0) is 22.4. The molecular weight excluding hydrogens is 388 g/mol. The average Bonchev–Trinajstić information content (AvgIpc) is 3.05. The number of rotatable bonds is 4. The minimum absolute atomic E-state index is 0.143. The summed E-state index contributed by atoms with van der Waals surface area (Å²) < 4.78 is 5.00. The number of aliphatic hydroxyl groups excluding tert-OH is 1. The second kappa shape index (κ2) is 8.53. The Kier molecular flexibility index (Phi) is 6.28. The van der Waals surface area contributed by atoms with E-state index in [1.54, 1.807) is 0 Å². The summed E-state index contributed by atoms with van der Waals surface area (Å²) in [7, 11) is 0. The summed E-state index contributed by atoms with van der Waals surface area (Å²) in [4.78, 5) is 11.8. The fourth-order valence-electron chi connectivity index (χ4n) is 8.41. The summed E-state index contributed by atoms with van der Waals surface area (Å²) in [5.41, 5.74) is 5.72. The van der Waals surface area contributed by atoms with Crippen LogP contribution in [0, 0.1) is 40.4 Å². The van der Waals surface area contributed by atoms with E-state index in [-0.39, 0.29) is 16.9 Å². The number of nitrogens with one attached hydrogen (secondary N) is 1. The Balaban J connectivity index is 1.60. The molecule has 0 aliphatic heterocycles. The zero-order valence-corrected chi connectivity index (χ0v) is 20.1. The van der Waals surface area contributed by atoms with Crippen LogP contribution in [0.4, 0.5) is 4.79 Å². The van der Waals surface area contributed by atoms with Crippen molar-refractivity contribution in [2.45, 2.75) is 92.1 Å². The molecule has 2 N–H and O–H groups in total. The van der Waals surface area contributed by atoms with Gasteiger partial charge in [0, 0.05) is 11.6 Å². The number of carbonyl (C=O) groups excluding carboxylic acids is 1. The van der Waals surface area contributed by atoms with E-state index in [9.17, 15) is 9.90 Å². The second-order valence-electron chi connectivity index (χ2n) is 11.2. The highest BCUT2D eigenvalue weighted by atomic mass is 16.5. The first-order valence-corrected chi connectivity index (χ1v) is 12.6. The van der Waals surface area contributed by atoms with Gasteiger partial charge in [-0.1, -0.05) is 38.8 Å². The van der Waals surface area contributed by atoms with Gasteiger partial charge in [0.1, 0.15) is 0 Å². The van der Waals surface area contributed by atoms with Gasteiger partial charge in [0.15, 0.2) is 0 Å². The Morgan fingerprint density at radius 3 is 2.74 bits per heavy atom. The molecule has 0 bridgehead atoms. The van der Waals surface area contributed by atoms with Crippen LogP contribution in [0.5, 0.6) is 0 Å². The molecule has 0 radical (unpaired) electrons. The molecule has 3 unspecified atom stereocenters. The normalized spacial score (nSPS) is 44.6. The minimum atomic E-state index is -0.462. The van der Waals surface area contributed by atoms with Gasteiger partial charge in [-0.05, 0) is 93.3 Å². The molecule has 4 rings (SSSR count). The average molecular weight is 431 g/mol. The lowest BCUT2D eigenvalue weighted by Crippen LogP contribution is -2.51. The number of aliphatic hydroxyl groups is 1. The van der Waals surface area contributed by atoms with Gasteiger partial charge in [-0.15, -0.1) is 0 Å². The molecule has 0 saturated heterocycles. The minimum Gasteiger partial charge on any atom is -0.449 e. The van der Waals surface area contributed by atoms with E-state index in [0.717, 1.165) is 43.2 Å². The van der Waals surface area contributed by atoms with E-state index in [0.29, 0.717) is 24.4 Å². The van der Waals surface area contributed by atoms with Crippen molar-refractivity contribution < 1.29 is 14.6 Å². The standard InChI is InChI=1S/C26H42N2O3/c1-6-17-14-22-20-9-8-18-15-19(29)10-12-25(18,4)21(20)11-13-26(22,5)23(17)16(3)27-28-24(30)31-7-2/h8,17,19-23,29H,6-7,9-15H2,1-5H3,(H,28,30)/t17-,19+,20?,21?,22?,23+,25+,26+/m1/s1. The first-order chi connectivity index (χ1) is 14.7. The lowest BCUT2D eigenvalue weighted by Gasteiger charge is -2.58. The highest BCUT2D eigenvalue weighted by Crippen LogP contribution is 2.67. The third-order valence-electron chi connectivity index (χ3n) is 9.83. The second-order valence-corrected chi connectivity index (χ2v) is 11.2. The van der Waals surface area contributed by atoms with Crippen molar-refractivity contribution in [1.29, 1.82) is 0 Å². The summed E-state index contributed by atoms with van der Waals surface area (Å²) in [6, 6.07) is 0. The molecule has 0 heterocycles. The molecule has 0 aromatic carbocycles. The Bertz CT molecular complexity index is 762. The molecule has 1 amide bonds. The van der Waals surface area contributed by atoms with Crippen LogP contribution in [-0.4, -0.2) is 29.6 Å². The van der Waals surface area contributed by atoms with Crippen LogP contribution in [0.1, 0.15) is 86.0 Å². The molecule has 4 aliphatic carbocycles. The molecule has 8 atom stereocenters. The lowest BCUT2D eigenvalue weighted by atomic mass is 9.47. The molecule has 174 valence electrons. The molecular formula is C26H42N2O3. The molecule has 31 heavy (non-hydrogen) atoms. The number of carbonyl (C=O) groups is 1. The highest BCUT2D eigenvalue weighted by Gasteiger charge is 2.61. The number of hydrogen-bond donors (Lipinski definition) is 2. The Labute approximate surface area is 188 Å². The van der Waals surface area contributed by atoms with Crippen LogP contribution in [0.25, 0.3) is 0 Å². The maximum atomic E-state index is 11.8. The van der Waals surface area contributed by atoms with Gasteiger partial charge in [0.25, 0.3) is 0 Å². The maximum absolute atomic E-state index is 11.8. The van der Waals surface area contributed by atoms with E-state index in [1.807, 2.05) is 6.92 Å². The number of nitrogens with zero attached hydrogens (tertiary/aromatic N) is 1. The first kappa shape index (κ1) is 22.8. The molecule has 0 aromatic heterocycles. The number of amides is 1. The van der Waals surface area contributed by atoms with Gasteiger partial charge >= 0.3 is 6.09 Å². The molecule has 3 saturated carbocycles. The molecule has 3 fully saturated rings. The quantitative estimate of drug-likeness (QED) is 0.342. The summed E-state index contributed by atoms with van der Waals surface area (Å²) in [5.74, 6) is 3.21. The number of hydrazone groups is 1. The van der Waals surface area contributed by atoms with E-state index < -0.39 is 6.09 Å². The highest BCUT2D eigenvalue weighted by molar-refractivity contribution is 5.86. The van der Waals surface area contributed by atoms with Gasteiger partial charge in [-0.2, -0.15) is 5.10 Å². The number of ether oxygens (including phenoxy) is 1. The van der Waals surface area contributed by atoms with Crippen molar-refractivity contribution in [2.24, 2.45) is 45.5 Å². The topological polar surface area (TPSA) is 70.9 Å². The van der Waals surface area contributed by atoms with E-state index in [1.165, 1.54) is 31.3 Å². The van der Waals surface area contributed by atoms with Crippen LogP contribution in [0.3, 0.4) is 0 Å². The Hall–Kier alpha value is -1.36. The Morgan fingerprint density at radius 1 is 1.26 bits per heavy atom.